The van der Waals surface area contributed by atoms with Crippen molar-refractivity contribution in [3.8, 4) is 0 Å². The number of thioether (sulfide) groups is 1. The largest absolute Gasteiger partial charge is 0.385 e. The lowest BCUT2D eigenvalue weighted by atomic mass is 10.2. The van der Waals surface area contributed by atoms with Gasteiger partial charge in [0.15, 0.2) is 10.9 Å². The standard InChI is InChI=1S/C23H27N5O3S/c1-5-26-15(2)13-18(16(26)3)20(29)14-32-23-25-24-22-27(11-8-12-31-4)21(30)17-9-6-7-10-19(17)28(22)23/h6-7,9-10,13H,5,8,11-12,14H2,1-4H3. The number of para-hydroxylation sites is 1. The number of hydrogen-bond donors (Lipinski definition) is 0. The van der Waals surface area contributed by atoms with E-state index in [0.717, 1.165) is 29.0 Å². The molecule has 0 N–H and O–H groups in total. The summed E-state index contributed by atoms with van der Waals surface area (Å²) in [7, 11) is 1.64. The number of carbonyl (C=O) groups is 1. The van der Waals surface area contributed by atoms with Gasteiger partial charge in [0.2, 0.25) is 5.78 Å². The summed E-state index contributed by atoms with van der Waals surface area (Å²) in [5.41, 5.74) is 3.44. The molecule has 0 unspecified atom stereocenters. The molecule has 4 aromatic rings. The van der Waals surface area contributed by atoms with Gasteiger partial charge in [-0.15, -0.1) is 10.2 Å². The van der Waals surface area contributed by atoms with Crippen molar-refractivity contribution in [3.05, 3.63) is 57.6 Å². The summed E-state index contributed by atoms with van der Waals surface area (Å²) in [6.45, 7) is 7.92. The second kappa shape index (κ2) is 9.30. The average Bonchev–Trinajstić information content (AvgIpc) is 3.34. The molecule has 1 aromatic carbocycles. The average molecular weight is 454 g/mol. The molecule has 9 heteroatoms. The number of Topliss-reactive ketones (excluding diaryl/α,β-unsaturated/α-hetero) is 1. The van der Waals surface area contributed by atoms with Crippen molar-refractivity contribution in [2.75, 3.05) is 19.5 Å². The van der Waals surface area contributed by atoms with Crippen LogP contribution in [0.1, 0.15) is 35.1 Å². The van der Waals surface area contributed by atoms with Crippen LogP contribution in [0, 0.1) is 13.8 Å². The zero-order chi connectivity index (χ0) is 22.8. The van der Waals surface area contributed by atoms with Crippen molar-refractivity contribution in [1.82, 2.24) is 23.7 Å². The number of ketones is 1. The third-order valence-corrected chi connectivity index (χ3v) is 6.66. The molecule has 0 aliphatic carbocycles. The Labute approximate surface area is 190 Å². The Morgan fingerprint density at radius 1 is 1.16 bits per heavy atom. The highest BCUT2D eigenvalue weighted by molar-refractivity contribution is 7.99. The molecule has 0 radical (unpaired) electrons. The van der Waals surface area contributed by atoms with Crippen LogP contribution in [0.5, 0.6) is 0 Å². The van der Waals surface area contributed by atoms with E-state index < -0.39 is 0 Å². The van der Waals surface area contributed by atoms with Gasteiger partial charge in [-0.3, -0.25) is 18.6 Å². The first kappa shape index (κ1) is 22.3. The molecule has 4 rings (SSSR count). The Morgan fingerprint density at radius 3 is 2.66 bits per heavy atom. The molecule has 0 fully saturated rings. The number of fused-ring (bicyclic) bond motifs is 3. The highest BCUT2D eigenvalue weighted by Gasteiger charge is 2.19. The van der Waals surface area contributed by atoms with E-state index in [-0.39, 0.29) is 17.1 Å². The number of hydrogen-bond acceptors (Lipinski definition) is 6. The highest BCUT2D eigenvalue weighted by Crippen LogP contribution is 2.24. The van der Waals surface area contributed by atoms with E-state index in [0.29, 0.717) is 35.9 Å². The second-order valence-electron chi connectivity index (χ2n) is 7.68. The lowest BCUT2D eigenvalue weighted by Gasteiger charge is -2.11. The fourth-order valence-electron chi connectivity index (χ4n) is 4.17. The SMILES string of the molecule is CCn1c(C)cc(C(=O)CSc2nnc3n(CCCOC)c(=O)c4ccccc4n23)c1C. The van der Waals surface area contributed by atoms with Crippen LogP contribution in [0.2, 0.25) is 0 Å². The van der Waals surface area contributed by atoms with Gasteiger partial charge >= 0.3 is 0 Å². The maximum Gasteiger partial charge on any atom is 0.262 e. The van der Waals surface area contributed by atoms with Gasteiger partial charge in [-0.05, 0) is 45.4 Å². The second-order valence-corrected chi connectivity index (χ2v) is 8.62. The molecule has 0 bridgehead atoms. The van der Waals surface area contributed by atoms with Crippen LogP contribution >= 0.6 is 11.8 Å². The number of methoxy groups -OCH3 is 1. The summed E-state index contributed by atoms with van der Waals surface area (Å²) in [4.78, 5) is 26.1. The Morgan fingerprint density at radius 2 is 1.94 bits per heavy atom. The van der Waals surface area contributed by atoms with Gasteiger partial charge in [0, 0.05) is 43.8 Å². The van der Waals surface area contributed by atoms with E-state index in [4.69, 9.17) is 4.74 Å². The third kappa shape index (κ3) is 3.86. The minimum atomic E-state index is -0.101. The Balaban J connectivity index is 1.71. The molecule has 0 atom stereocenters. The number of aryl methyl sites for hydroxylation is 2. The smallest absolute Gasteiger partial charge is 0.262 e. The van der Waals surface area contributed by atoms with Crippen molar-refractivity contribution in [3.63, 3.8) is 0 Å². The maximum atomic E-state index is 13.1. The number of rotatable bonds is 9. The van der Waals surface area contributed by atoms with Crippen LogP contribution < -0.4 is 5.56 Å². The first-order valence-corrected chi connectivity index (χ1v) is 11.6. The molecular formula is C23H27N5O3S. The van der Waals surface area contributed by atoms with Crippen molar-refractivity contribution >= 4 is 34.2 Å². The number of carbonyl (C=O) groups excluding carboxylic acids is 1. The predicted molar refractivity (Wildman–Crippen MR) is 126 cm³/mol. The normalized spacial score (nSPS) is 11.6. The molecule has 0 aliphatic rings. The minimum absolute atomic E-state index is 0.0530. The van der Waals surface area contributed by atoms with E-state index in [9.17, 15) is 9.59 Å². The number of nitrogens with zero attached hydrogens (tertiary/aromatic N) is 5. The van der Waals surface area contributed by atoms with Gasteiger partial charge in [0.1, 0.15) is 0 Å². The van der Waals surface area contributed by atoms with Gasteiger partial charge in [0.05, 0.1) is 16.7 Å². The van der Waals surface area contributed by atoms with Gasteiger partial charge in [0.25, 0.3) is 5.56 Å². The van der Waals surface area contributed by atoms with Gasteiger partial charge in [-0.1, -0.05) is 23.9 Å². The van der Waals surface area contributed by atoms with Crippen LogP contribution in [0.25, 0.3) is 16.7 Å². The van der Waals surface area contributed by atoms with Crippen molar-refractivity contribution < 1.29 is 9.53 Å². The molecule has 3 heterocycles. The molecule has 32 heavy (non-hydrogen) atoms. The van der Waals surface area contributed by atoms with Crippen LogP contribution in [0.4, 0.5) is 0 Å². The number of benzene rings is 1. The molecule has 0 spiro atoms. The fraction of sp³-hybridized carbons (Fsp3) is 0.391. The summed E-state index contributed by atoms with van der Waals surface area (Å²) in [6.07, 6.45) is 0.686. The number of aromatic nitrogens is 5. The summed E-state index contributed by atoms with van der Waals surface area (Å²) < 4.78 is 10.8. The third-order valence-electron chi connectivity index (χ3n) is 5.73. The van der Waals surface area contributed by atoms with Crippen LogP contribution in [-0.4, -0.2) is 49.0 Å². The lowest BCUT2D eigenvalue weighted by Crippen LogP contribution is -2.24. The molecule has 3 aromatic heterocycles. The van der Waals surface area contributed by atoms with Crippen LogP contribution in [-0.2, 0) is 17.8 Å². The van der Waals surface area contributed by atoms with Gasteiger partial charge in [-0.25, -0.2) is 0 Å². The first-order valence-electron chi connectivity index (χ1n) is 10.7. The monoisotopic (exact) mass is 453 g/mol. The quantitative estimate of drug-likeness (QED) is 0.219. The summed E-state index contributed by atoms with van der Waals surface area (Å²) in [6, 6.07) is 9.37. The highest BCUT2D eigenvalue weighted by atomic mass is 32.2. The predicted octanol–water partition coefficient (Wildman–Crippen LogP) is 3.49. The van der Waals surface area contributed by atoms with Crippen LogP contribution in [0.15, 0.2) is 40.3 Å². The molecular weight excluding hydrogens is 426 g/mol. The van der Waals surface area contributed by atoms with E-state index in [2.05, 4.69) is 21.7 Å². The summed E-state index contributed by atoms with van der Waals surface area (Å²) >= 11 is 1.34. The molecule has 8 nitrogen and oxygen atoms in total. The first-order chi connectivity index (χ1) is 15.5. The van der Waals surface area contributed by atoms with Crippen molar-refractivity contribution in [2.24, 2.45) is 0 Å². The Hall–Kier alpha value is -2.91. The van der Waals surface area contributed by atoms with E-state index in [1.807, 2.05) is 48.6 Å². The lowest BCUT2D eigenvalue weighted by molar-refractivity contribution is 0.102. The molecule has 0 aliphatic heterocycles. The van der Waals surface area contributed by atoms with E-state index in [1.165, 1.54) is 11.8 Å². The summed E-state index contributed by atoms with van der Waals surface area (Å²) in [5.74, 6) is 0.771. The van der Waals surface area contributed by atoms with Gasteiger partial charge in [-0.2, -0.15) is 0 Å². The molecule has 168 valence electrons. The number of ether oxygens (including phenoxy) is 1. The fourth-order valence-corrected chi connectivity index (χ4v) is 5.00. The van der Waals surface area contributed by atoms with Crippen molar-refractivity contribution in [1.29, 1.82) is 0 Å². The molecule has 0 amide bonds. The maximum absolute atomic E-state index is 13.1. The van der Waals surface area contributed by atoms with E-state index in [1.54, 1.807) is 11.7 Å². The summed E-state index contributed by atoms with van der Waals surface area (Å²) in [5, 5.41) is 9.82. The van der Waals surface area contributed by atoms with Crippen molar-refractivity contribution in [2.45, 2.75) is 45.4 Å². The Bertz CT molecular complexity index is 1350. The minimum Gasteiger partial charge on any atom is -0.385 e. The topological polar surface area (TPSA) is 83.4 Å². The van der Waals surface area contributed by atoms with Crippen LogP contribution in [0.3, 0.4) is 0 Å². The molecule has 0 saturated heterocycles. The zero-order valence-corrected chi connectivity index (χ0v) is 19.6. The zero-order valence-electron chi connectivity index (χ0n) is 18.8. The molecule has 0 saturated carbocycles. The van der Waals surface area contributed by atoms with Gasteiger partial charge < -0.3 is 9.30 Å². The Kier molecular flexibility index (Phi) is 6.48. The van der Waals surface area contributed by atoms with E-state index >= 15 is 0 Å².